The molecule has 0 fully saturated rings. The molecule has 0 radical (unpaired) electrons. The quantitative estimate of drug-likeness (QED) is 0.896. The summed E-state index contributed by atoms with van der Waals surface area (Å²) in [6, 6.07) is 7.99. The molecule has 0 spiro atoms. The van der Waals surface area contributed by atoms with Crippen LogP contribution >= 0.6 is 0 Å². The Balaban J connectivity index is 1.84. The molecule has 1 aromatic carbocycles. The number of aryl methyl sites for hydroxylation is 1. The molecule has 2 N–H and O–H groups in total. The summed E-state index contributed by atoms with van der Waals surface area (Å²) in [6.07, 6.45) is 2.76. The van der Waals surface area contributed by atoms with Crippen molar-refractivity contribution in [1.82, 2.24) is 9.97 Å². The summed E-state index contributed by atoms with van der Waals surface area (Å²) < 4.78 is 0. The highest BCUT2D eigenvalue weighted by atomic mass is 16.1. The van der Waals surface area contributed by atoms with Gasteiger partial charge >= 0.3 is 0 Å². The van der Waals surface area contributed by atoms with E-state index in [1.165, 1.54) is 0 Å². The van der Waals surface area contributed by atoms with Crippen molar-refractivity contribution in [1.29, 1.82) is 0 Å². The second kappa shape index (κ2) is 5.00. The molecule has 0 aliphatic heterocycles. The van der Waals surface area contributed by atoms with E-state index >= 15 is 0 Å². The van der Waals surface area contributed by atoms with E-state index in [0.717, 1.165) is 41.9 Å². The zero-order valence-electron chi connectivity index (χ0n) is 11.7. The minimum atomic E-state index is -0.0140. The Morgan fingerprint density at radius 3 is 2.65 bits per heavy atom. The Morgan fingerprint density at radius 2 is 1.95 bits per heavy atom. The predicted octanol–water partition coefficient (Wildman–Crippen LogP) is 2.07. The second-order valence-electron chi connectivity index (χ2n) is 5.26. The lowest BCUT2D eigenvalue weighted by Gasteiger charge is -2.13. The molecule has 3 rings (SSSR count). The lowest BCUT2D eigenvalue weighted by molar-refractivity contribution is 0.899. The predicted molar refractivity (Wildman–Crippen MR) is 80.9 cm³/mol. The minimum absolute atomic E-state index is 0.0140. The van der Waals surface area contributed by atoms with Crippen molar-refractivity contribution in [2.45, 2.75) is 19.3 Å². The molecule has 0 atom stereocenters. The van der Waals surface area contributed by atoms with Crippen LogP contribution in [0.2, 0.25) is 0 Å². The first-order chi connectivity index (χ1) is 9.63. The van der Waals surface area contributed by atoms with Crippen LogP contribution in [-0.4, -0.2) is 24.1 Å². The van der Waals surface area contributed by atoms with E-state index in [0.29, 0.717) is 5.95 Å². The molecule has 1 heterocycles. The highest BCUT2D eigenvalue weighted by molar-refractivity contribution is 5.59. The fourth-order valence-corrected chi connectivity index (χ4v) is 2.48. The summed E-state index contributed by atoms with van der Waals surface area (Å²) in [5.41, 5.74) is 3.81. The van der Waals surface area contributed by atoms with Gasteiger partial charge in [-0.15, -0.1) is 0 Å². The fraction of sp³-hybridized carbons (Fsp3) is 0.333. The van der Waals surface area contributed by atoms with Crippen LogP contribution in [0.4, 0.5) is 17.3 Å². The Bertz CT molecular complexity index is 673. The smallest absolute Gasteiger partial charge is 0.255 e. The average Bonchev–Trinajstić information content (AvgIpc) is 2.88. The number of hydrogen-bond acceptors (Lipinski definition) is 4. The van der Waals surface area contributed by atoms with Gasteiger partial charge in [-0.3, -0.25) is 9.78 Å². The first-order valence-corrected chi connectivity index (χ1v) is 6.80. The topological polar surface area (TPSA) is 61.0 Å². The van der Waals surface area contributed by atoms with Crippen molar-refractivity contribution in [3.8, 4) is 0 Å². The molecule has 5 heteroatoms. The van der Waals surface area contributed by atoms with E-state index in [2.05, 4.69) is 15.3 Å². The number of fused-ring (bicyclic) bond motifs is 1. The number of hydrogen-bond donors (Lipinski definition) is 2. The molecule has 0 bridgehead atoms. The Kier molecular flexibility index (Phi) is 3.18. The average molecular weight is 270 g/mol. The van der Waals surface area contributed by atoms with Crippen molar-refractivity contribution in [3.05, 3.63) is 45.9 Å². The van der Waals surface area contributed by atoms with Crippen LogP contribution in [0.1, 0.15) is 17.7 Å². The molecular weight excluding hydrogens is 252 g/mol. The Morgan fingerprint density at radius 1 is 1.20 bits per heavy atom. The van der Waals surface area contributed by atoms with E-state index < -0.39 is 0 Å². The van der Waals surface area contributed by atoms with Gasteiger partial charge in [0.15, 0.2) is 0 Å². The largest absolute Gasteiger partial charge is 0.378 e. The van der Waals surface area contributed by atoms with Gasteiger partial charge in [0.2, 0.25) is 5.95 Å². The zero-order chi connectivity index (χ0) is 14.1. The van der Waals surface area contributed by atoms with Crippen molar-refractivity contribution in [2.24, 2.45) is 0 Å². The summed E-state index contributed by atoms with van der Waals surface area (Å²) in [7, 11) is 4.00. The first-order valence-electron chi connectivity index (χ1n) is 6.80. The van der Waals surface area contributed by atoms with Gasteiger partial charge in [-0.25, -0.2) is 4.98 Å². The summed E-state index contributed by atoms with van der Waals surface area (Å²) in [4.78, 5) is 21.3. The molecule has 2 aromatic rings. The van der Waals surface area contributed by atoms with Gasteiger partial charge in [-0.1, -0.05) is 0 Å². The van der Waals surface area contributed by atoms with Gasteiger partial charge in [-0.05, 0) is 43.5 Å². The summed E-state index contributed by atoms with van der Waals surface area (Å²) >= 11 is 0. The molecule has 0 saturated heterocycles. The Hall–Kier alpha value is -2.30. The van der Waals surface area contributed by atoms with Crippen molar-refractivity contribution < 1.29 is 0 Å². The minimum Gasteiger partial charge on any atom is -0.378 e. The number of rotatable bonds is 3. The first kappa shape index (κ1) is 12.7. The third kappa shape index (κ3) is 2.39. The molecule has 0 unspecified atom stereocenters. The van der Waals surface area contributed by atoms with Gasteiger partial charge in [0, 0.05) is 31.0 Å². The fourth-order valence-electron chi connectivity index (χ4n) is 2.48. The lowest BCUT2D eigenvalue weighted by Crippen LogP contribution is -2.16. The Labute approximate surface area is 117 Å². The van der Waals surface area contributed by atoms with Crippen LogP contribution in [0.3, 0.4) is 0 Å². The molecule has 1 aliphatic carbocycles. The van der Waals surface area contributed by atoms with E-state index in [1.54, 1.807) is 0 Å². The van der Waals surface area contributed by atoms with Crippen LogP contribution < -0.4 is 15.8 Å². The summed E-state index contributed by atoms with van der Waals surface area (Å²) in [5, 5.41) is 3.16. The van der Waals surface area contributed by atoms with Gasteiger partial charge < -0.3 is 10.2 Å². The number of aromatic amines is 1. The number of anilines is 3. The number of H-pyrrole nitrogens is 1. The standard InChI is InChI=1S/C15H18N4O/c1-19(2)11-8-6-10(7-9-11)16-15-17-13-5-3-4-12(13)14(20)18-15/h6-9H,3-5H2,1-2H3,(H2,16,17,18,20). The van der Waals surface area contributed by atoms with E-state index in [9.17, 15) is 4.79 Å². The van der Waals surface area contributed by atoms with Crippen molar-refractivity contribution >= 4 is 17.3 Å². The normalized spacial score (nSPS) is 13.1. The van der Waals surface area contributed by atoms with Crippen LogP contribution in [0, 0.1) is 0 Å². The molecule has 104 valence electrons. The van der Waals surface area contributed by atoms with E-state index in [-0.39, 0.29) is 5.56 Å². The number of benzene rings is 1. The zero-order valence-corrected chi connectivity index (χ0v) is 11.7. The SMILES string of the molecule is CN(C)c1ccc(Nc2nc3c(c(=O)[nH]2)CCC3)cc1. The molecule has 1 aromatic heterocycles. The molecule has 20 heavy (non-hydrogen) atoms. The molecule has 0 amide bonds. The third-order valence-electron chi connectivity index (χ3n) is 3.59. The number of nitrogens with one attached hydrogen (secondary N) is 2. The molecule has 1 aliphatic rings. The van der Waals surface area contributed by atoms with Crippen molar-refractivity contribution in [2.75, 3.05) is 24.3 Å². The highest BCUT2D eigenvalue weighted by Gasteiger charge is 2.16. The second-order valence-corrected chi connectivity index (χ2v) is 5.26. The van der Waals surface area contributed by atoms with Gasteiger partial charge in [-0.2, -0.15) is 0 Å². The third-order valence-corrected chi connectivity index (χ3v) is 3.59. The summed E-state index contributed by atoms with van der Waals surface area (Å²) in [6.45, 7) is 0. The van der Waals surface area contributed by atoms with Crippen LogP contribution in [0.25, 0.3) is 0 Å². The molecule has 5 nitrogen and oxygen atoms in total. The van der Waals surface area contributed by atoms with Gasteiger partial charge in [0.25, 0.3) is 5.56 Å². The van der Waals surface area contributed by atoms with Crippen LogP contribution in [0.5, 0.6) is 0 Å². The van der Waals surface area contributed by atoms with Crippen LogP contribution in [0.15, 0.2) is 29.1 Å². The maximum atomic E-state index is 11.9. The molecule has 0 saturated carbocycles. The highest BCUT2D eigenvalue weighted by Crippen LogP contribution is 2.20. The van der Waals surface area contributed by atoms with Gasteiger partial charge in [0.05, 0.1) is 5.69 Å². The lowest BCUT2D eigenvalue weighted by atomic mass is 10.2. The van der Waals surface area contributed by atoms with Crippen molar-refractivity contribution in [3.63, 3.8) is 0 Å². The van der Waals surface area contributed by atoms with Gasteiger partial charge in [0.1, 0.15) is 0 Å². The molecular formula is C15H18N4O. The number of nitrogens with zero attached hydrogens (tertiary/aromatic N) is 2. The maximum Gasteiger partial charge on any atom is 0.255 e. The van der Waals surface area contributed by atoms with Crippen LogP contribution in [-0.2, 0) is 12.8 Å². The maximum absolute atomic E-state index is 11.9. The number of aromatic nitrogens is 2. The summed E-state index contributed by atoms with van der Waals surface area (Å²) in [5.74, 6) is 0.522. The van der Waals surface area contributed by atoms with E-state index in [1.807, 2.05) is 43.3 Å². The monoisotopic (exact) mass is 270 g/mol. The van der Waals surface area contributed by atoms with E-state index in [4.69, 9.17) is 0 Å².